The van der Waals surface area contributed by atoms with Crippen LogP contribution in [-0.4, -0.2) is 36.9 Å². The molecule has 2 heterocycles. The smallest absolute Gasteiger partial charge is 0.242 e. The number of fused-ring (bicyclic) bond motifs is 1. The lowest BCUT2D eigenvalue weighted by atomic mass is 10.1. The molecule has 25 heavy (non-hydrogen) atoms. The maximum Gasteiger partial charge on any atom is 0.242 e. The highest BCUT2D eigenvalue weighted by Crippen LogP contribution is 2.30. The molecule has 1 unspecified atom stereocenters. The van der Waals surface area contributed by atoms with Crippen LogP contribution in [0.3, 0.4) is 0 Å². The maximum absolute atomic E-state index is 12.3. The molecule has 2 aromatic rings. The van der Waals surface area contributed by atoms with Gasteiger partial charge < -0.3 is 24.6 Å². The average molecular weight is 345 g/mol. The zero-order chi connectivity index (χ0) is 17.6. The maximum atomic E-state index is 12.3. The van der Waals surface area contributed by atoms with Gasteiger partial charge in [0.1, 0.15) is 19.0 Å². The third-order valence-corrected chi connectivity index (χ3v) is 4.01. The third-order valence-electron chi connectivity index (χ3n) is 4.01. The Morgan fingerprint density at radius 2 is 2.04 bits per heavy atom. The summed E-state index contributed by atoms with van der Waals surface area (Å²) in [4.78, 5) is 12.3. The molecule has 2 N–H and O–H groups in total. The van der Waals surface area contributed by atoms with Crippen LogP contribution in [0.4, 0.5) is 5.82 Å². The summed E-state index contributed by atoms with van der Waals surface area (Å²) < 4.78 is 16.1. The number of aromatic nitrogens is 1. The minimum atomic E-state index is -0.283. The number of carbonyl (C=O) groups is 1. The summed E-state index contributed by atoms with van der Waals surface area (Å²) in [5.41, 5.74) is 1.14. The van der Waals surface area contributed by atoms with Gasteiger partial charge in [0, 0.05) is 6.07 Å². The Morgan fingerprint density at radius 3 is 2.76 bits per heavy atom. The van der Waals surface area contributed by atoms with Crippen LogP contribution in [0.1, 0.15) is 24.7 Å². The molecule has 1 aromatic carbocycles. The van der Waals surface area contributed by atoms with Crippen LogP contribution in [0.2, 0.25) is 0 Å². The summed E-state index contributed by atoms with van der Waals surface area (Å²) in [5, 5.41) is 9.82. The number of rotatable bonds is 7. The molecule has 0 spiro atoms. The number of aryl methyl sites for hydroxylation is 1. The van der Waals surface area contributed by atoms with Crippen molar-refractivity contribution in [2.45, 2.75) is 32.7 Å². The molecule has 0 saturated carbocycles. The molecule has 0 bridgehead atoms. The van der Waals surface area contributed by atoms with E-state index < -0.39 is 0 Å². The Balaban J connectivity index is 1.50. The summed E-state index contributed by atoms with van der Waals surface area (Å²) in [6.07, 6.45) is 1.48. The van der Waals surface area contributed by atoms with Crippen molar-refractivity contribution < 1.29 is 18.8 Å². The lowest BCUT2D eigenvalue weighted by Crippen LogP contribution is -2.41. The minimum Gasteiger partial charge on any atom is -0.486 e. The first-order valence-electron chi connectivity index (χ1n) is 8.52. The Bertz CT molecular complexity index is 729. The van der Waals surface area contributed by atoms with E-state index in [1.54, 1.807) is 13.0 Å². The standard InChI is InChI=1S/C18H23N3O4/c1-3-14(18(22)20-17-10-12(2)25-21-17)19-7-6-13-4-5-15-16(11-13)24-9-8-23-15/h4-5,10-11,14,19H,3,6-9H2,1-2H3,(H,20,21,22). The predicted molar refractivity (Wildman–Crippen MR) is 93.1 cm³/mol. The molecule has 1 atom stereocenters. The first-order valence-corrected chi connectivity index (χ1v) is 8.52. The first-order chi connectivity index (χ1) is 12.2. The molecule has 0 fully saturated rings. The number of hydrogen-bond donors (Lipinski definition) is 2. The number of amides is 1. The molecule has 134 valence electrons. The van der Waals surface area contributed by atoms with Crippen molar-refractivity contribution in [1.29, 1.82) is 0 Å². The van der Waals surface area contributed by atoms with Crippen molar-refractivity contribution in [3.05, 3.63) is 35.6 Å². The van der Waals surface area contributed by atoms with E-state index in [9.17, 15) is 4.79 Å². The van der Waals surface area contributed by atoms with Gasteiger partial charge in [-0.2, -0.15) is 0 Å². The van der Waals surface area contributed by atoms with Crippen molar-refractivity contribution >= 4 is 11.7 Å². The van der Waals surface area contributed by atoms with Crippen LogP contribution >= 0.6 is 0 Å². The van der Waals surface area contributed by atoms with Crippen molar-refractivity contribution in [3.63, 3.8) is 0 Å². The Morgan fingerprint density at radius 1 is 1.24 bits per heavy atom. The van der Waals surface area contributed by atoms with E-state index in [1.807, 2.05) is 25.1 Å². The highest BCUT2D eigenvalue weighted by Gasteiger charge is 2.17. The fourth-order valence-electron chi connectivity index (χ4n) is 2.70. The van der Waals surface area contributed by atoms with Gasteiger partial charge in [0.25, 0.3) is 0 Å². The van der Waals surface area contributed by atoms with Gasteiger partial charge in [-0.3, -0.25) is 4.79 Å². The third kappa shape index (κ3) is 4.51. The molecule has 1 aliphatic rings. The topological polar surface area (TPSA) is 85.6 Å². The number of hydrogen-bond acceptors (Lipinski definition) is 6. The largest absolute Gasteiger partial charge is 0.486 e. The molecule has 7 heteroatoms. The van der Waals surface area contributed by atoms with Crippen LogP contribution in [-0.2, 0) is 11.2 Å². The van der Waals surface area contributed by atoms with Crippen LogP contribution in [0.25, 0.3) is 0 Å². The van der Waals surface area contributed by atoms with E-state index in [-0.39, 0.29) is 11.9 Å². The first kappa shape index (κ1) is 17.3. The molecule has 3 rings (SSSR count). The molecule has 0 aliphatic carbocycles. The zero-order valence-electron chi connectivity index (χ0n) is 14.5. The van der Waals surface area contributed by atoms with Gasteiger partial charge in [0.05, 0.1) is 6.04 Å². The Kier molecular flexibility index (Phi) is 5.55. The van der Waals surface area contributed by atoms with Crippen molar-refractivity contribution in [2.24, 2.45) is 0 Å². The van der Waals surface area contributed by atoms with E-state index in [4.69, 9.17) is 14.0 Å². The van der Waals surface area contributed by atoms with Crippen LogP contribution < -0.4 is 20.1 Å². The fourth-order valence-corrected chi connectivity index (χ4v) is 2.70. The van der Waals surface area contributed by atoms with E-state index in [1.165, 1.54) is 0 Å². The molecule has 7 nitrogen and oxygen atoms in total. The van der Waals surface area contributed by atoms with Crippen LogP contribution in [0, 0.1) is 6.92 Å². The highest BCUT2D eigenvalue weighted by molar-refractivity contribution is 5.93. The molecule has 1 aliphatic heterocycles. The van der Waals surface area contributed by atoms with Gasteiger partial charge in [-0.25, -0.2) is 0 Å². The molecule has 0 radical (unpaired) electrons. The van der Waals surface area contributed by atoms with E-state index in [0.717, 1.165) is 23.5 Å². The number of anilines is 1. The second-order valence-corrected chi connectivity index (χ2v) is 5.96. The van der Waals surface area contributed by atoms with Gasteiger partial charge in [0.2, 0.25) is 5.91 Å². The fraction of sp³-hybridized carbons (Fsp3) is 0.444. The number of nitrogens with zero attached hydrogens (tertiary/aromatic N) is 1. The molecule has 1 amide bonds. The van der Waals surface area contributed by atoms with E-state index in [0.29, 0.717) is 37.8 Å². The second-order valence-electron chi connectivity index (χ2n) is 5.96. The zero-order valence-corrected chi connectivity index (χ0v) is 14.5. The van der Waals surface area contributed by atoms with Gasteiger partial charge in [-0.1, -0.05) is 18.1 Å². The normalized spacial score (nSPS) is 14.2. The molecular weight excluding hydrogens is 322 g/mol. The SMILES string of the molecule is CCC(NCCc1ccc2c(c1)OCCO2)C(=O)Nc1cc(C)on1. The summed E-state index contributed by atoms with van der Waals surface area (Å²) in [5.74, 6) is 2.56. The lowest BCUT2D eigenvalue weighted by Gasteiger charge is -2.19. The van der Waals surface area contributed by atoms with Crippen LogP contribution in [0.15, 0.2) is 28.8 Å². The van der Waals surface area contributed by atoms with Crippen LogP contribution in [0.5, 0.6) is 11.5 Å². The number of nitrogens with one attached hydrogen (secondary N) is 2. The summed E-state index contributed by atoms with van der Waals surface area (Å²) in [6, 6.07) is 7.36. The van der Waals surface area contributed by atoms with E-state index in [2.05, 4.69) is 15.8 Å². The number of carbonyl (C=O) groups excluding carboxylic acids is 1. The average Bonchev–Trinajstić information content (AvgIpc) is 3.03. The van der Waals surface area contributed by atoms with Crippen molar-refractivity contribution in [3.8, 4) is 11.5 Å². The molecular formula is C18H23N3O4. The van der Waals surface area contributed by atoms with Gasteiger partial charge in [-0.05, 0) is 44.0 Å². The van der Waals surface area contributed by atoms with Gasteiger partial charge in [0.15, 0.2) is 17.3 Å². The van der Waals surface area contributed by atoms with Crippen molar-refractivity contribution in [1.82, 2.24) is 10.5 Å². The quantitative estimate of drug-likeness (QED) is 0.801. The van der Waals surface area contributed by atoms with Crippen molar-refractivity contribution in [2.75, 3.05) is 25.1 Å². The lowest BCUT2D eigenvalue weighted by molar-refractivity contribution is -0.118. The summed E-state index contributed by atoms with van der Waals surface area (Å²) in [7, 11) is 0. The van der Waals surface area contributed by atoms with Gasteiger partial charge >= 0.3 is 0 Å². The number of benzene rings is 1. The highest BCUT2D eigenvalue weighted by atomic mass is 16.6. The second kappa shape index (κ2) is 8.02. The predicted octanol–water partition coefficient (Wildman–Crippen LogP) is 2.30. The Hall–Kier alpha value is -2.54. The summed E-state index contributed by atoms with van der Waals surface area (Å²) >= 11 is 0. The molecule has 1 aromatic heterocycles. The monoisotopic (exact) mass is 345 g/mol. The molecule has 0 saturated heterocycles. The van der Waals surface area contributed by atoms with E-state index >= 15 is 0 Å². The van der Waals surface area contributed by atoms with Gasteiger partial charge in [-0.15, -0.1) is 0 Å². The minimum absolute atomic E-state index is 0.113. The Labute approximate surface area is 146 Å². The number of ether oxygens (including phenoxy) is 2. The summed E-state index contributed by atoms with van der Waals surface area (Å²) in [6.45, 7) is 5.60.